The fourth-order valence-electron chi connectivity index (χ4n) is 6.36. The number of carbonyl (C=O) groups is 1. The molecule has 2 saturated heterocycles. The predicted octanol–water partition coefficient (Wildman–Crippen LogP) is 4.08. The van der Waals surface area contributed by atoms with E-state index in [9.17, 15) is 4.79 Å². The van der Waals surface area contributed by atoms with Gasteiger partial charge in [0.15, 0.2) is 0 Å². The molecule has 2 bridgehead atoms. The Morgan fingerprint density at radius 3 is 2.69 bits per heavy atom. The zero-order valence-corrected chi connectivity index (χ0v) is 18.0. The minimum atomic E-state index is 0.389. The van der Waals surface area contributed by atoms with Gasteiger partial charge in [-0.05, 0) is 67.7 Å². The smallest absolute Gasteiger partial charge is 0.222 e. The van der Waals surface area contributed by atoms with Crippen LogP contribution in [0.15, 0.2) is 30.5 Å². The van der Waals surface area contributed by atoms with Crippen LogP contribution < -0.4 is 0 Å². The Kier molecular flexibility index (Phi) is 4.85. The van der Waals surface area contributed by atoms with Gasteiger partial charge >= 0.3 is 0 Å². The van der Waals surface area contributed by atoms with Gasteiger partial charge in [0.05, 0.1) is 5.52 Å². The molecule has 4 atom stereocenters. The molecule has 3 fully saturated rings. The van der Waals surface area contributed by atoms with Crippen LogP contribution in [0.2, 0.25) is 0 Å². The molecule has 4 nitrogen and oxygen atoms in total. The molecule has 3 heterocycles. The Hall–Kier alpha value is -1.94. The Morgan fingerprint density at radius 1 is 1.10 bits per heavy atom. The van der Waals surface area contributed by atoms with Crippen LogP contribution in [0.4, 0.5) is 0 Å². The number of rotatable bonds is 3. The van der Waals surface area contributed by atoms with Gasteiger partial charge in [-0.3, -0.25) is 9.78 Å². The number of amides is 1. The maximum Gasteiger partial charge on any atom is 0.222 e. The lowest BCUT2D eigenvalue weighted by Crippen LogP contribution is -2.55. The summed E-state index contributed by atoms with van der Waals surface area (Å²) in [6.45, 7) is 8.56. The number of piperidine rings is 3. The van der Waals surface area contributed by atoms with Crippen LogP contribution in [0.3, 0.4) is 0 Å². The summed E-state index contributed by atoms with van der Waals surface area (Å²) in [5.74, 6) is 3.44. The number of aromatic nitrogens is 1. The first-order valence-corrected chi connectivity index (χ1v) is 11.3. The zero-order chi connectivity index (χ0) is 20.1. The van der Waals surface area contributed by atoms with Crippen molar-refractivity contribution in [1.29, 1.82) is 0 Å². The van der Waals surface area contributed by atoms with Gasteiger partial charge in [0.25, 0.3) is 0 Å². The number of benzene rings is 1. The molecule has 5 rings (SSSR count). The molecule has 1 amide bonds. The van der Waals surface area contributed by atoms with Gasteiger partial charge < -0.3 is 9.80 Å². The number of hydrogen-bond donors (Lipinski definition) is 0. The van der Waals surface area contributed by atoms with Crippen molar-refractivity contribution in [1.82, 2.24) is 14.8 Å². The van der Waals surface area contributed by atoms with Crippen LogP contribution >= 0.6 is 0 Å². The van der Waals surface area contributed by atoms with Gasteiger partial charge in [-0.25, -0.2) is 0 Å². The quantitative estimate of drug-likeness (QED) is 0.791. The Bertz CT molecular complexity index is 913. The van der Waals surface area contributed by atoms with E-state index in [2.05, 4.69) is 53.9 Å². The standard InChI is InChI=1S/C25H33N3O/c1-16-9-18(21-7-6-17(2)25-22(21)5-4-8-26-25)15-28(12-16)24(29)11-23-19-10-20(23)14-27(3)13-19/h4-8,16,18-20,23H,9-15H2,1-3H3. The number of pyridine rings is 1. The van der Waals surface area contributed by atoms with Gasteiger partial charge in [-0.1, -0.05) is 25.1 Å². The van der Waals surface area contributed by atoms with Crippen LogP contribution in [0.25, 0.3) is 10.9 Å². The van der Waals surface area contributed by atoms with Gasteiger partial charge in [0, 0.05) is 50.1 Å². The maximum absolute atomic E-state index is 13.3. The monoisotopic (exact) mass is 391 g/mol. The number of fused-ring (bicyclic) bond motifs is 3. The molecular weight excluding hydrogens is 358 g/mol. The lowest BCUT2D eigenvalue weighted by molar-refractivity contribution is -0.139. The van der Waals surface area contributed by atoms with Crippen molar-refractivity contribution in [3.8, 4) is 0 Å². The van der Waals surface area contributed by atoms with Crippen molar-refractivity contribution in [2.75, 3.05) is 33.2 Å². The van der Waals surface area contributed by atoms with Crippen molar-refractivity contribution >= 4 is 16.8 Å². The Balaban J connectivity index is 1.34. The predicted molar refractivity (Wildman–Crippen MR) is 117 cm³/mol. The highest BCUT2D eigenvalue weighted by Crippen LogP contribution is 2.47. The normalized spacial score (nSPS) is 32.2. The largest absolute Gasteiger partial charge is 0.342 e. The average molecular weight is 392 g/mol. The van der Waals surface area contributed by atoms with Crippen molar-refractivity contribution in [2.24, 2.45) is 23.7 Å². The van der Waals surface area contributed by atoms with E-state index in [1.54, 1.807) is 0 Å². The fourth-order valence-corrected chi connectivity index (χ4v) is 6.36. The number of likely N-dealkylation sites (tertiary alicyclic amines) is 2. The summed E-state index contributed by atoms with van der Waals surface area (Å²) in [6.07, 6.45) is 5.13. The van der Waals surface area contributed by atoms with Gasteiger partial charge in [-0.2, -0.15) is 0 Å². The second-order valence-electron chi connectivity index (χ2n) is 10.1. The zero-order valence-electron chi connectivity index (χ0n) is 18.0. The molecule has 4 heteroatoms. The average Bonchev–Trinajstić information content (AvgIpc) is 2.71. The number of hydrogen-bond acceptors (Lipinski definition) is 3. The molecule has 3 aliphatic rings. The van der Waals surface area contributed by atoms with E-state index >= 15 is 0 Å². The van der Waals surface area contributed by atoms with Crippen molar-refractivity contribution in [3.63, 3.8) is 0 Å². The van der Waals surface area contributed by atoms with E-state index in [4.69, 9.17) is 0 Å². The van der Waals surface area contributed by atoms with Gasteiger partial charge in [0.2, 0.25) is 5.91 Å². The SMILES string of the molecule is Cc1ccc(C2CC(C)CN(C(=O)CC3C4CC3CN(C)C4)C2)c2cccnc12. The number of nitrogens with zero attached hydrogens (tertiary/aromatic N) is 3. The first-order valence-electron chi connectivity index (χ1n) is 11.3. The highest BCUT2D eigenvalue weighted by atomic mass is 16.2. The van der Waals surface area contributed by atoms with Crippen LogP contribution in [0.5, 0.6) is 0 Å². The first kappa shape index (κ1) is 19.0. The van der Waals surface area contributed by atoms with E-state index < -0.39 is 0 Å². The highest BCUT2D eigenvalue weighted by molar-refractivity contribution is 5.85. The van der Waals surface area contributed by atoms with Crippen LogP contribution in [-0.2, 0) is 4.79 Å². The molecule has 0 radical (unpaired) electrons. The summed E-state index contributed by atoms with van der Waals surface area (Å²) in [5.41, 5.74) is 3.69. The van der Waals surface area contributed by atoms with Crippen LogP contribution in [-0.4, -0.2) is 53.9 Å². The minimum absolute atomic E-state index is 0.389. The summed E-state index contributed by atoms with van der Waals surface area (Å²) in [7, 11) is 2.22. The highest BCUT2D eigenvalue weighted by Gasteiger charge is 2.46. The second kappa shape index (κ2) is 7.39. The fraction of sp³-hybridized carbons (Fsp3) is 0.600. The lowest BCUT2D eigenvalue weighted by atomic mass is 9.60. The first-order chi connectivity index (χ1) is 14.0. The molecule has 1 aromatic heterocycles. The molecule has 2 aliphatic heterocycles. The molecule has 154 valence electrons. The molecule has 0 N–H and O–H groups in total. The minimum Gasteiger partial charge on any atom is -0.342 e. The molecule has 1 aliphatic carbocycles. The van der Waals surface area contributed by atoms with Crippen molar-refractivity contribution < 1.29 is 4.79 Å². The summed E-state index contributed by atoms with van der Waals surface area (Å²) in [6, 6.07) is 8.70. The molecule has 0 spiro atoms. The Morgan fingerprint density at radius 2 is 1.90 bits per heavy atom. The summed E-state index contributed by atoms with van der Waals surface area (Å²) in [4.78, 5) is 22.5. The molecular formula is C25H33N3O. The van der Waals surface area contributed by atoms with Gasteiger partial charge in [0.1, 0.15) is 0 Å². The maximum atomic E-state index is 13.3. The molecule has 2 aromatic rings. The molecule has 1 aromatic carbocycles. The number of carbonyl (C=O) groups excluding carboxylic acids is 1. The summed E-state index contributed by atoms with van der Waals surface area (Å²) in [5, 5.41) is 1.26. The third kappa shape index (κ3) is 3.46. The van der Waals surface area contributed by atoms with E-state index in [0.29, 0.717) is 23.7 Å². The van der Waals surface area contributed by atoms with E-state index in [1.165, 1.54) is 36.0 Å². The Labute approximate surface area is 174 Å². The molecule has 29 heavy (non-hydrogen) atoms. The van der Waals surface area contributed by atoms with Gasteiger partial charge in [-0.15, -0.1) is 0 Å². The van der Waals surface area contributed by atoms with Crippen molar-refractivity contribution in [2.45, 2.75) is 39.0 Å². The van der Waals surface area contributed by atoms with E-state index in [-0.39, 0.29) is 0 Å². The third-order valence-corrected chi connectivity index (χ3v) is 7.78. The summed E-state index contributed by atoms with van der Waals surface area (Å²) >= 11 is 0. The second-order valence-corrected chi connectivity index (χ2v) is 10.1. The van der Waals surface area contributed by atoms with Crippen molar-refractivity contribution in [3.05, 3.63) is 41.6 Å². The third-order valence-electron chi connectivity index (χ3n) is 7.78. The molecule has 1 saturated carbocycles. The van der Waals surface area contributed by atoms with E-state index in [0.717, 1.165) is 43.3 Å². The lowest BCUT2D eigenvalue weighted by Gasteiger charge is -2.53. The summed E-state index contributed by atoms with van der Waals surface area (Å²) < 4.78 is 0. The number of aryl methyl sites for hydroxylation is 1. The topological polar surface area (TPSA) is 36.4 Å². The molecule has 4 unspecified atom stereocenters. The van der Waals surface area contributed by atoms with E-state index in [1.807, 2.05) is 12.3 Å². The van der Waals surface area contributed by atoms with Crippen LogP contribution in [0.1, 0.15) is 43.2 Å². The van der Waals surface area contributed by atoms with Crippen LogP contribution in [0, 0.1) is 30.6 Å².